The molecular weight excluding hydrogens is 308 g/mol. The number of pyridine rings is 1. The van der Waals surface area contributed by atoms with Gasteiger partial charge in [0.15, 0.2) is 5.65 Å². The maximum atomic E-state index is 12.5. The van der Waals surface area contributed by atoms with Crippen molar-refractivity contribution in [3.05, 3.63) is 52.2 Å². The van der Waals surface area contributed by atoms with Crippen LogP contribution in [0.1, 0.15) is 18.2 Å². The van der Waals surface area contributed by atoms with Crippen LogP contribution in [-0.4, -0.2) is 29.8 Å². The summed E-state index contributed by atoms with van der Waals surface area (Å²) in [5, 5.41) is 11.0. The number of aryl methyl sites for hydroxylation is 1. The van der Waals surface area contributed by atoms with Crippen LogP contribution in [0.25, 0.3) is 28.7 Å². The molecule has 0 saturated heterocycles. The van der Waals surface area contributed by atoms with E-state index in [1.54, 1.807) is 18.5 Å². The van der Waals surface area contributed by atoms with Gasteiger partial charge in [0.2, 0.25) is 0 Å². The third kappa shape index (κ3) is 2.11. The van der Waals surface area contributed by atoms with E-state index in [1.165, 1.54) is 4.52 Å². The molecule has 0 spiro atoms. The molecule has 8 heteroatoms. The second kappa shape index (κ2) is 5.41. The number of hydrogen-bond donors (Lipinski definition) is 1. The second-order valence-electron chi connectivity index (χ2n) is 5.31. The van der Waals surface area contributed by atoms with Crippen molar-refractivity contribution in [3.63, 3.8) is 0 Å². The monoisotopic (exact) mass is 322 g/mol. The van der Waals surface area contributed by atoms with Crippen molar-refractivity contribution in [1.82, 2.24) is 29.8 Å². The highest BCUT2D eigenvalue weighted by molar-refractivity contribution is 5.71. The highest BCUT2D eigenvalue weighted by Crippen LogP contribution is 2.25. The van der Waals surface area contributed by atoms with E-state index in [9.17, 15) is 4.79 Å². The summed E-state index contributed by atoms with van der Waals surface area (Å²) in [6.45, 7) is 3.75. The molecule has 120 valence electrons. The molecule has 0 aliphatic heterocycles. The van der Waals surface area contributed by atoms with E-state index in [0.29, 0.717) is 40.5 Å². The zero-order valence-corrected chi connectivity index (χ0v) is 13.1. The number of aromatic amines is 1. The molecule has 0 fully saturated rings. The number of nitrogens with one attached hydrogen (secondary N) is 1. The van der Waals surface area contributed by atoms with Crippen molar-refractivity contribution >= 4 is 5.65 Å². The van der Waals surface area contributed by atoms with Gasteiger partial charge in [0.25, 0.3) is 17.3 Å². The standard InChI is InChI=1S/C16H14N6O2/c1-3-10-9(2)19-13-11(8-18-22(13)16(10)23)14-20-21-15(24-14)12-6-4-5-7-17-12/h4-8,18H,3H2,1-2H3. The maximum absolute atomic E-state index is 12.5. The van der Waals surface area contributed by atoms with E-state index in [1.807, 2.05) is 26.0 Å². The molecule has 4 heterocycles. The van der Waals surface area contributed by atoms with Gasteiger partial charge >= 0.3 is 0 Å². The van der Waals surface area contributed by atoms with Crippen LogP contribution in [0.3, 0.4) is 0 Å². The van der Waals surface area contributed by atoms with E-state index in [2.05, 4.69) is 25.3 Å². The molecular formula is C16H14N6O2. The van der Waals surface area contributed by atoms with Crippen LogP contribution in [0.15, 0.2) is 39.8 Å². The molecule has 24 heavy (non-hydrogen) atoms. The van der Waals surface area contributed by atoms with Crippen LogP contribution in [-0.2, 0) is 6.42 Å². The first kappa shape index (κ1) is 14.3. The quantitative estimate of drug-likeness (QED) is 0.619. The molecule has 0 saturated carbocycles. The van der Waals surface area contributed by atoms with Gasteiger partial charge < -0.3 is 4.42 Å². The Morgan fingerprint density at radius 3 is 2.83 bits per heavy atom. The van der Waals surface area contributed by atoms with Gasteiger partial charge in [-0.2, -0.15) is 0 Å². The van der Waals surface area contributed by atoms with E-state index in [0.717, 1.165) is 0 Å². The van der Waals surface area contributed by atoms with Crippen molar-refractivity contribution in [2.75, 3.05) is 0 Å². The first-order chi connectivity index (χ1) is 11.7. The van der Waals surface area contributed by atoms with Crippen molar-refractivity contribution in [2.45, 2.75) is 20.3 Å². The molecule has 1 N–H and O–H groups in total. The molecule has 0 aromatic carbocycles. The Morgan fingerprint density at radius 2 is 2.08 bits per heavy atom. The molecule has 0 aliphatic carbocycles. The minimum atomic E-state index is -0.115. The molecule has 0 bridgehead atoms. The van der Waals surface area contributed by atoms with Crippen LogP contribution >= 0.6 is 0 Å². The van der Waals surface area contributed by atoms with Gasteiger partial charge in [-0.05, 0) is 25.5 Å². The zero-order chi connectivity index (χ0) is 16.7. The predicted molar refractivity (Wildman–Crippen MR) is 86.5 cm³/mol. The van der Waals surface area contributed by atoms with Crippen LogP contribution in [0, 0.1) is 6.92 Å². The Balaban J connectivity index is 1.86. The molecule has 0 unspecified atom stereocenters. The maximum Gasteiger partial charge on any atom is 0.276 e. The number of rotatable bonds is 3. The number of hydrogen-bond acceptors (Lipinski definition) is 6. The summed E-state index contributed by atoms with van der Waals surface area (Å²) >= 11 is 0. The summed E-state index contributed by atoms with van der Waals surface area (Å²) in [7, 11) is 0. The predicted octanol–water partition coefficient (Wildman–Crippen LogP) is 2.01. The van der Waals surface area contributed by atoms with E-state index in [-0.39, 0.29) is 11.4 Å². The fourth-order valence-corrected chi connectivity index (χ4v) is 2.65. The van der Waals surface area contributed by atoms with E-state index in [4.69, 9.17) is 4.42 Å². The summed E-state index contributed by atoms with van der Waals surface area (Å²) in [5.41, 5.74) is 2.90. The second-order valence-corrected chi connectivity index (χ2v) is 5.31. The molecule has 0 atom stereocenters. The fraction of sp³-hybridized carbons (Fsp3) is 0.188. The minimum absolute atomic E-state index is 0.115. The smallest absolute Gasteiger partial charge is 0.276 e. The zero-order valence-electron chi connectivity index (χ0n) is 13.1. The normalized spacial score (nSPS) is 11.2. The van der Waals surface area contributed by atoms with Gasteiger partial charge in [0, 0.05) is 23.7 Å². The highest BCUT2D eigenvalue weighted by Gasteiger charge is 2.18. The van der Waals surface area contributed by atoms with E-state index >= 15 is 0 Å². The lowest BCUT2D eigenvalue weighted by Gasteiger charge is -2.02. The topological polar surface area (TPSA) is 102 Å². The summed E-state index contributed by atoms with van der Waals surface area (Å²) in [6, 6.07) is 5.44. The van der Waals surface area contributed by atoms with E-state index < -0.39 is 0 Å². The molecule has 8 nitrogen and oxygen atoms in total. The van der Waals surface area contributed by atoms with Crippen LogP contribution in [0.4, 0.5) is 0 Å². The molecule has 4 rings (SSSR count). The van der Waals surface area contributed by atoms with Crippen molar-refractivity contribution < 1.29 is 4.42 Å². The Hall–Kier alpha value is -3.29. The van der Waals surface area contributed by atoms with Crippen molar-refractivity contribution in [1.29, 1.82) is 0 Å². The Kier molecular flexibility index (Phi) is 3.23. The third-order valence-corrected chi connectivity index (χ3v) is 3.86. The number of H-pyrrole nitrogens is 1. The fourth-order valence-electron chi connectivity index (χ4n) is 2.65. The summed E-state index contributed by atoms with van der Waals surface area (Å²) in [5.74, 6) is 0.596. The molecule has 0 aliphatic rings. The Labute approximate surface area is 136 Å². The van der Waals surface area contributed by atoms with Crippen molar-refractivity contribution in [2.24, 2.45) is 0 Å². The minimum Gasteiger partial charge on any atom is -0.414 e. The van der Waals surface area contributed by atoms with Gasteiger partial charge in [-0.1, -0.05) is 13.0 Å². The van der Waals surface area contributed by atoms with Crippen LogP contribution < -0.4 is 5.56 Å². The van der Waals surface area contributed by atoms with Crippen LogP contribution in [0.5, 0.6) is 0 Å². The van der Waals surface area contributed by atoms with Gasteiger partial charge in [0.05, 0.1) is 0 Å². The lowest BCUT2D eigenvalue weighted by atomic mass is 10.2. The Bertz CT molecular complexity index is 1080. The average molecular weight is 322 g/mol. The van der Waals surface area contributed by atoms with Gasteiger partial charge in [-0.3, -0.25) is 14.9 Å². The first-order valence-corrected chi connectivity index (χ1v) is 7.54. The number of nitrogens with zero attached hydrogens (tertiary/aromatic N) is 5. The molecule has 4 aromatic rings. The Morgan fingerprint density at radius 1 is 1.25 bits per heavy atom. The first-order valence-electron chi connectivity index (χ1n) is 7.54. The average Bonchev–Trinajstić information content (AvgIpc) is 3.22. The number of aromatic nitrogens is 6. The molecule has 0 amide bonds. The van der Waals surface area contributed by atoms with Gasteiger partial charge in [0.1, 0.15) is 11.3 Å². The third-order valence-electron chi connectivity index (χ3n) is 3.86. The largest absolute Gasteiger partial charge is 0.414 e. The van der Waals surface area contributed by atoms with Crippen molar-refractivity contribution in [3.8, 4) is 23.0 Å². The summed E-state index contributed by atoms with van der Waals surface area (Å²) < 4.78 is 7.09. The van der Waals surface area contributed by atoms with Gasteiger partial charge in [-0.25, -0.2) is 9.50 Å². The number of fused-ring (bicyclic) bond motifs is 1. The lowest BCUT2D eigenvalue weighted by Crippen LogP contribution is -2.21. The lowest BCUT2D eigenvalue weighted by molar-refractivity contribution is 0.582. The SMILES string of the molecule is CCc1c(C)nc2c(-c3nnc(-c4ccccn4)o3)c[nH]n2c1=O. The van der Waals surface area contributed by atoms with Gasteiger partial charge in [-0.15, -0.1) is 10.2 Å². The summed E-state index contributed by atoms with van der Waals surface area (Å²) in [4.78, 5) is 21.2. The highest BCUT2D eigenvalue weighted by atomic mass is 16.4. The van der Waals surface area contributed by atoms with Crippen LogP contribution in [0.2, 0.25) is 0 Å². The molecule has 0 radical (unpaired) electrons. The summed E-state index contributed by atoms with van der Waals surface area (Å²) in [6.07, 6.45) is 3.92. The molecule has 4 aromatic heterocycles.